The Hall–Kier alpha value is 0.310. The van der Waals surface area contributed by atoms with Gasteiger partial charge in [0.1, 0.15) is 0 Å². The highest BCUT2D eigenvalue weighted by molar-refractivity contribution is 7.99. The highest BCUT2D eigenvalue weighted by Gasteiger charge is 2.16. The van der Waals surface area contributed by atoms with Crippen molar-refractivity contribution < 1.29 is 0 Å². The van der Waals surface area contributed by atoms with Crippen molar-refractivity contribution in [1.29, 1.82) is 0 Å². The van der Waals surface area contributed by atoms with Crippen molar-refractivity contribution in [3.05, 3.63) is 0 Å². The Morgan fingerprint density at radius 2 is 2.27 bits per heavy atom. The average molecular weight is 173 g/mol. The van der Waals surface area contributed by atoms with Gasteiger partial charge in [0, 0.05) is 11.8 Å². The van der Waals surface area contributed by atoms with E-state index >= 15 is 0 Å². The van der Waals surface area contributed by atoms with E-state index in [0.29, 0.717) is 6.04 Å². The van der Waals surface area contributed by atoms with Crippen molar-refractivity contribution in [2.75, 3.05) is 11.5 Å². The SMILES string of the molecule is CCC(N)CSCC1CCC1. The van der Waals surface area contributed by atoms with Crippen LogP contribution in [0.3, 0.4) is 0 Å². The largest absolute Gasteiger partial charge is 0.327 e. The fraction of sp³-hybridized carbons (Fsp3) is 1.00. The first-order valence-electron chi connectivity index (χ1n) is 4.66. The topological polar surface area (TPSA) is 26.0 Å². The Bertz CT molecular complexity index is 97.0. The number of hydrogen-bond acceptors (Lipinski definition) is 2. The molecule has 11 heavy (non-hydrogen) atoms. The molecule has 2 heteroatoms. The fourth-order valence-corrected chi connectivity index (χ4v) is 2.50. The molecule has 1 atom stereocenters. The zero-order valence-corrected chi connectivity index (χ0v) is 8.20. The number of rotatable bonds is 5. The van der Waals surface area contributed by atoms with Gasteiger partial charge in [-0.1, -0.05) is 13.3 Å². The van der Waals surface area contributed by atoms with Crippen LogP contribution >= 0.6 is 11.8 Å². The van der Waals surface area contributed by atoms with Gasteiger partial charge in [-0.2, -0.15) is 11.8 Å². The molecule has 0 aromatic rings. The van der Waals surface area contributed by atoms with Crippen LogP contribution in [-0.2, 0) is 0 Å². The van der Waals surface area contributed by atoms with Gasteiger partial charge in [-0.15, -0.1) is 0 Å². The number of hydrogen-bond donors (Lipinski definition) is 1. The third-order valence-corrected chi connectivity index (χ3v) is 3.81. The van der Waals surface area contributed by atoms with Gasteiger partial charge in [-0.25, -0.2) is 0 Å². The number of thioether (sulfide) groups is 1. The first-order valence-corrected chi connectivity index (χ1v) is 5.81. The Morgan fingerprint density at radius 3 is 2.73 bits per heavy atom. The summed E-state index contributed by atoms with van der Waals surface area (Å²) in [6.45, 7) is 2.16. The summed E-state index contributed by atoms with van der Waals surface area (Å²) < 4.78 is 0. The Morgan fingerprint density at radius 1 is 1.55 bits per heavy atom. The monoisotopic (exact) mass is 173 g/mol. The van der Waals surface area contributed by atoms with Crippen LogP contribution in [0.1, 0.15) is 32.6 Å². The molecule has 0 aromatic heterocycles. The molecule has 1 nitrogen and oxygen atoms in total. The maximum atomic E-state index is 5.80. The van der Waals surface area contributed by atoms with Crippen LogP contribution in [0.4, 0.5) is 0 Å². The van der Waals surface area contributed by atoms with Crippen LogP contribution in [0.15, 0.2) is 0 Å². The van der Waals surface area contributed by atoms with Crippen molar-refractivity contribution in [1.82, 2.24) is 0 Å². The molecule has 1 aliphatic carbocycles. The normalized spacial score (nSPS) is 21.3. The lowest BCUT2D eigenvalue weighted by Crippen LogP contribution is -2.23. The van der Waals surface area contributed by atoms with Crippen LogP contribution in [-0.4, -0.2) is 17.5 Å². The molecular weight excluding hydrogens is 154 g/mol. The smallest absolute Gasteiger partial charge is 0.0127 e. The minimum absolute atomic E-state index is 0.431. The molecule has 1 fully saturated rings. The average Bonchev–Trinajstić information content (AvgIpc) is 1.94. The highest BCUT2D eigenvalue weighted by Crippen LogP contribution is 2.29. The molecule has 0 aliphatic heterocycles. The van der Waals surface area contributed by atoms with E-state index in [-0.39, 0.29) is 0 Å². The molecule has 1 rings (SSSR count). The molecule has 0 heterocycles. The van der Waals surface area contributed by atoms with Gasteiger partial charge >= 0.3 is 0 Å². The van der Waals surface area contributed by atoms with Gasteiger partial charge in [0.15, 0.2) is 0 Å². The first kappa shape index (κ1) is 9.40. The van der Waals surface area contributed by atoms with E-state index in [2.05, 4.69) is 6.92 Å². The molecule has 1 saturated carbocycles. The molecule has 2 N–H and O–H groups in total. The minimum Gasteiger partial charge on any atom is -0.327 e. The second kappa shape index (κ2) is 5.04. The zero-order chi connectivity index (χ0) is 8.10. The quantitative estimate of drug-likeness (QED) is 0.690. The Balaban J connectivity index is 1.86. The lowest BCUT2D eigenvalue weighted by Gasteiger charge is -2.25. The van der Waals surface area contributed by atoms with Crippen LogP contribution in [0.2, 0.25) is 0 Å². The summed E-state index contributed by atoms with van der Waals surface area (Å²) in [5.74, 6) is 3.55. The molecule has 1 aliphatic rings. The third-order valence-electron chi connectivity index (χ3n) is 2.43. The summed E-state index contributed by atoms with van der Waals surface area (Å²) in [5, 5.41) is 0. The van der Waals surface area contributed by atoms with Crippen molar-refractivity contribution in [3.8, 4) is 0 Å². The summed E-state index contributed by atoms with van der Waals surface area (Å²) in [6, 6.07) is 0.431. The lowest BCUT2D eigenvalue weighted by atomic mass is 9.87. The molecule has 0 radical (unpaired) electrons. The van der Waals surface area contributed by atoms with Crippen molar-refractivity contribution in [3.63, 3.8) is 0 Å². The van der Waals surface area contributed by atoms with E-state index in [1.807, 2.05) is 11.8 Å². The fourth-order valence-electron chi connectivity index (χ4n) is 1.16. The third kappa shape index (κ3) is 3.48. The zero-order valence-electron chi connectivity index (χ0n) is 7.38. The predicted octanol–water partition coefficient (Wildman–Crippen LogP) is 2.26. The summed E-state index contributed by atoms with van der Waals surface area (Å²) in [4.78, 5) is 0. The molecule has 0 spiro atoms. The van der Waals surface area contributed by atoms with Crippen LogP contribution in [0.5, 0.6) is 0 Å². The van der Waals surface area contributed by atoms with E-state index in [9.17, 15) is 0 Å². The van der Waals surface area contributed by atoms with E-state index in [4.69, 9.17) is 5.73 Å². The molecule has 0 aromatic carbocycles. The Labute approximate surface area is 74.1 Å². The highest BCUT2D eigenvalue weighted by atomic mass is 32.2. The van der Waals surface area contributed by atoms with E-state index < -0.39 is 0 Å². The molecular formula is C9H19NS. The summed E-state index contributed by atoms with van der Waals surface area (Å²) in [7, 11) is 0. The molecule has 1 unspecified atom stereocenters. The van der Waals surface area contributed by atoms with E-state index in [1.165, 1.54) is 25.0 Å². The standard InChI is InChI=1S/C9H19NS/c1-2-9(10)7-11-6-8-4-3-5-8/h8-9H,2-7,10H2,1H3. The van der Waals surface area contributed by atoms with Gasteiger partial charge in [-0.3, -0.25) is 0 Å². The van der Waals surface area contributed by atoms with Crippen LogP contribution < -0.4 is 5.73 Å². The Kier molecular flexibility index (Phi) is 4.31. The van der Waals surface area contributed by atoms with Crippen molar-refractivity contribution in [2.45, 2.75) is 38.6 Å². The summed E-state index contributed by atoms with van der Waals surface area (Å²) >= 11 is 2.04. The summed E-state index contributed by atoms with van der Waals surface area (Å²) in [6.07, 6.45) is 5.52. The van der Waals surface area contributed by atoms with Gasteiger partial charge in [0.25, 0.3) is 0 Å². The maximum Gasteiger partial charge on any atom is 0.0127 e. The van der Waals surface area contributed by atoms with Gasteiger partial charge in [0.05, 0.1) is 0 Å². The minimum atomic E-state index is 0.431. The lowest BCUT2D eigenvalue weighted by molar-refractivity contribution is 0.353. The summed E-state index contributed by atoms with van der Waals surface area (Å²) in [5.41, 5.74) is 5.80. The van der Waals surface area contributed by atoms with Gasteiger partial charge in [-0.05, 0) is 30.9 Å². The van der Waals surface area contributed by atoms with E-state index in [0.717, 1.165) is 18.1 Å². The van der Waals surface area contributed by atoms with Crippen LogP contribution in [0, 0.1) is 5.92 Å². The molecule has 66 valence electrons. The predicted molar refractivity (Wildman–Crippen MR) is 52.9 cm³/mol. The molecule has 0 amide bonds. The van der Waals surface area contributed by atoms with Crippen LogP contribution in [0.25, 0.3) is 0 Å². The first-order chi connectivity index (χ1) is 5.33. The second-order valence-corrected chi connectivity index (χ2v) is 4.58. The van der Waals surface area contributed by atoms with Gasteiger partial charge in [0.2, 0.25) is 0 Å². The van der Waals surface area contributed by atoms with Crippen molar-refractivity contribution in [2.24, 2.45) is 11.7 Å². The van der Waals surface area contributed by atoms with E-state index in [1.54, 1.807) is 0 Å². The number of nitrogens with two attached hydrogens (primary N) is 1. The van der Waals surface area contributed by atoms with Crippen molar-refractivity contribution >= 4 is 11.8 Å². The second-order valence-electron chi connectivity index (χ2n) is 3.50. The maximum absolute atomic E-state index is 5.80. The molecule has 0 saturated heterocycles. The van der Waals surface area contributed by atoms with Gasteiger partial charge < -0.3 is 5.73 Å². The molecule has 0 bridgehead atoms.